The SMILES string of the molecule is CC(=O)N[C@@H]1[C@@H](O)[C@H](O[C@@H]2O[C@H](CO)[C@@H](O)[C@H](O)[C@H]2NC(C)=O)[C@@H](CO)O[C@H]1NNS(=O)(=O)c1ccc(C)cc1. The molecule has 1 aromatic rings. The maximum Gasteiger partial charge on any atom is 0.253 e. The molecule has 0 saturated carbocycles. The molecule has 40 heavy (non-hydrogen) atoms. The second-order valence-corrected chi connectivity index (χ2v) is 11.3. The molecule has 1 aromatic carbocycles. The molecule has 0 spiro atoms. The first-order valence-electron chi connectivity index (χ1n) is 12.4. The van der Waals surface area contributed by atoms with Gasteiger partial charge in [-0.1, -0.05) is 17.7 Å². The number of hydrazine groups is 1. The molecule has 2 amide bonds. The van der Waals surface area contributed by atoms with Gasteiger partial charge in [-0.05, 0) is 19.1 Å². The lowest BCUT2D eigenvalue weighted by molar-refractivity contribution is -0.316. The first kappa shape index (κ1) is 32.2. The van der Waals surface area contributed by atoms with Crippen LogP contribution in [0.1, 0.15) is 19.4 Å². The van der Waals surface area contributed by atoms with Crippen LogP contribution in [-0.2, 0) is 33.8 Å². The van der Waals surface area contributed by atoms with Gasteiger partial charge < -0.3 is 50.4 Å². The summed E-state index contributed by atoms with van der Waals surface area (Å²) < 4.78 is 42.6. The fourth-order valence-electron chi connectivity index (χ4n) is 4.44. The summed E-state index contributed by atoms with van der Waals surface area (Å²) >= 11 is 0. The van der Waals surface area contributed by atoms with Crippen LogP contribution in [0.4, 0.5) is 0 Å². The molecule has 9 N–H and O–H groups in total. The van der Waals surface area contributed by atoms with Crippen molar-refractivity contribution < 1.29 is 57.8 Å². The normalized spacial score (nSPS) is 34.7. The number of carbonyl (C=O) groups is 2. The third-order valence-corrected chi connectivity index (χ3v) is 7.76. The van der Waals surface area contributed by atoms with E-state index < -0.39 is 96.3 Å². The Morgan fingerprint density at radius 1 is 0.875 bits per heavy atom. The van der Waals surface area contributed by atoms with Crippen molar-refractivity contribution in [1.82, 2.24) is 20.9 Å². The van der Waals surface area contributed by atoms with Gasteiger partial charge in [0.1, 0.15) is 48.9 Å². The summed E-state index contributed by atoms with van der Waals surface area (Å²) in [6, 6.07) is 3.23. The number of hydrogen-bond acceptors (Lipinski definition) is 13. The second kappa shape index (κ2) is 13.6. The molecule has 0 bridgehead atoms. The first-order valence-corrected chi connectivity index (χ1v) is 13.9. The Morgan fingerprint density at radius 3 is 2.00 bits per heavy atom. The van der Waals surface area contributed by atoms with Crippen molar-refractivity contribution in [2.45, 2.75) is 86.9 Å². The van der Waals surface area contributed by atoms with Crippen LogP contribution >= 0.6 is 0 Å². The van der Waals surface area contributed by atoms with Crippen LogP contribution in [0.5, 0.6) is 0 Å². The lowest BCUT2D eigenvalue weighted by Gasteiger charge is -2.48. The molecule has 16 nitrogen and oxygen atoms in total. The van der Waals surface area contributed by atoms with Crippen LogP contribution in [0.2, 0.25) is 0 Å². The van der Waals surface area contributed by atoms with E-state index in [1.165, 1.54) is 12.1 Å². The number of nitrogens with one attached hydrogen (secondary N) is 4. The largest absolute Gasteiger partial charge is 0.394 e. The van der Waals surface area contributed by atoms with Crippen molar-refractivity contribution in [3.05, 3.63) is 29.8 Å². The highest BCUT2D eigenvalue weighted by Gasteiger charge is 2.51. The summed E-state index contributed by atoms with van der Waals surface area (Å²) in [7, 11) is -4.11. The average Bonchev–Trinajstić information content (AvgIpc) is 2.89. The molecule has 10 atom stereocenters. The third-order valence-electron chi connectivity index (χ3n) is 6.48. The Hall–Kier alpha value is -2.29. The van der Waals surface area contributed by atoms with Crippen LogP contribution in [0.25, 0.3) is 0 Å². The zero-order valence-electron chi connectivity index (χ0n) is 22.0. The minimum atomic E-state index is -4.11. The predicted octanol–water partition coefficient (Wildman–Crippen LogP) is -4.31. The molecule has 2 aliphatic heterocycles. The summed E-state index contributed by atoms with van der Waals surface area (Å²) in [6.07, 6.45) is -12.0. The van der Waals surface area contributed by atoms with E-state index in [1.54, 1.807) is 19.1 Å². The van der Waals surface area contributed by atoms with Gasteiger partial charge in [-0.2, -0.15) is 0 Å². The highest BCUT2D eigenvalue weighted by atomic mass is 32.2. The maximum atomic E-state index is 12.7. The number of rotatable bonds is 10. The van der Waals surface area contributed by atoms with E-state index in [2.05, 4.69) is 20.9 Å². The van der Waals surface area contributed by atoms with E-state index in [0.717, 1.165) is 19.4 Å². The quantitative estimate of drug-likeness (QED) is 0.117. The summed E-state index contributed by atoms with van der Waals surface area (Å²) in [5.41, 5.74) is 3.25. The van der Waals surface area contributed by atoms with Crippen molar-refractivity contribution in [2.24, 2.45) is 0 Å². The highest BCUT2D eigenvalue weighted by molar-refractivity contribution is 7.89. The summed E-state index contributed by atoms with van der Waals surface area (Å²) in [5, 5.41) is 56.4. The first-order chi connectivity index (χ1) is 18.8. The number of ether oxygens (including phenoxy) is 3. The number of aliphatic hydroxyl groups excluding tert-OH is 5. The molecule has 17 heteroatoms. The van der Waals surface area contributed by atoms with Gasteiger partial charge in [0.2, 0.25) is 11.8 Å². The van der Waals surface area contributed by atoms with Crippen molar-refractivity contribution in [3.8, 4) is 0 Å². The lowest BCUT2D eigenvalue weighted by atomic mass is 9.94. The van der Waals surface area contributed by atoms with E-state index in [0.29, 0.717) is 0 Å². The summed E-state index contributed by atoms with van der Waals surface area (Å²) in [4.78, 5) is 25.7. The maximum absolute atomic E-state index is 12.7. The number of amides is 2. The highest BCUT2D eigenvalue weighted by Crippen LogP contribution is 2.29. The topological polar surface area (TPSA) is 245 Å². The van der Waals surface area contributed by atoms with E-state index in [4.69, 9.17) is 14.2 Å². The summed E-state index contributed by atoms with van der Waals surface area (Å²) in [6.45, 7) is 2.59. The lowest BCUT2D eigenvalue weighted by Crippen LogP contribution is -2.71. The number of sulfonamides is 1. The van der Waals surface area contributed by atoms with Gasteiger partial charge in [-0.25, -0.2) is 13.8 Å². The monoisotopic (exact) mass is 592 g/mol. The molecule has 3 rings (SSSR count). The Bertz CT molecular complexity index is 1120. The Balaban J connectivity index is 1.83. The average molecular weight is 593 g/mol. The fraction of sp³-hybridized carbons (Fsp3) is 0.652. The zero-order chi connectivity index (χ0) is 29.8. The van der Waals surface area contributed by atoms with E-state index in [-0.39, 0.29) is 4.90 Å². The van der Waals surface area contributed by atoms with E-state index >= 15 is 0 Å². The molecule has 0 radical (unpaired) electrons. The zero-order valence-corrected chi connectivity index (χ0v) is 22.8. The number of hydrogen-bond donors (Lipinski definition) is 9. The minimum absolute atomic E-state index is 0.0735. The smallest absolute Gasteiger partial charge is 0.253 e. The molecule has 2 heterocycles. The number of carbonyl (C=O) groups excluding carboxylic acids is 2. The van der Waals surface area contributed by atoms with Gasteiger partial charge >= 0.3 is 0 Å². The van der Waals surface area contributed by atoms with E-state index in [9.17, 15) is 43.5 Å². The van der Waals surface area contributed by atoms with Crippen LogP contribution < -0.4 is 20.9 Å². The Kier molecular flexibility index (Phi) is 10.9. The van der Waals surface area contributed by atoms with Gasteiger partial charge in [-0.3, -0.25) is 9.59 Å². The minimum Gasteiger partial charge on any atom is -0.394 e. The molecular formula is C23H36N4O12S. The van der Waals surface area contributed by atoms with Gasteiger partial charge in [-0.15, -0.1) is 4.83 Å². The third kappa shape index (κ3) is 7.51. The van der Waals surface area contributed by atoms with Crippen LogP contribution in [0, 0.1) is 6.92 Å². The van der Waals surface area contributed by atoms with Gasteiger partial charge in [0.15, 0.2) is 6.29 Å². The molecule has 0 aromatic heterocycles. The Morgan fingerprint density at radius 2 is 1.45 bits per heavy atom. The van der Waals surface area contributed by atoms with Crippen molar-refractivity contribution in [1.29, 1.82) is 0 Å². The Labute approximate surface area is 230 Å². The molecule has 2 aliphatic rings. The number of aliphatic hydroxyl groups is 5. The van der Waals surface area contributed by atoms with Crippen molar-refractivity contribution in [3.63, 3.8) is 0 Å². The fourth-order valence-corrected chi connectivity index (χ4v) is 5.33. The number of benzene rings is 1. The van der Waals surface area contributed by atoms with Crippen LogP contribution in [0.15, 0.2) is 29.2 Å². The number of aryl methyl sites for hydroxylation is 1. The standard InChI is InChI=1S/C23H36N4O12S/c1-10-4-6-13(7-5-10)40(35,36)27-26-22-16(24-11(2)30)20(34)21(15(9-29)37-22)39-23-17(25-12(3)31)19(33)18(32)14(8-28)38-23/h4-7,14-23,26-29,32-34H,8-9H2,1-3H3,(H,24,30)(H,25,31)/t14-,15-,16-,17-,18-,19-,20-,21-,22-,23+/m1/s1. The van der Waals surface area contributed by atoms with Crippen LogP contribution in [0.3, 0.4) is 0 Å². The van der Waals surface area contributed by atoms with Gasteiger partial charge in [0.05, 0.1) is 24.2 Å². The van der Waals surface area contributed by atoms with Gasteiger partial charge in [0.25, 0.3) is 10.0 Å². The summed E-state index contributed by atoms with van der Waals surface area (Å²) in [5.74, 6) is -1.23. The van der Waals surface area contributed by atoms with Gasteiger partial charge in [0, 0.05) is 13.8 Å². The molecule has 0 aliphatic carbocycles. The van der Waals surface area contributed by atoms with E-state index in [1.807, 2.05) is 0 Å². The molecule has 2 fully saturated rings. The van der Waals surface area contributed by atoms with Crippen molar-refractivity contribution >= 4 is 21.8 Å². The predicted molar refractivity (Wildman–Crippen MR) is 134 cm³/mol. The molecular weight excluding hydrogens is 556 g/mol. The molecule has 0 unspecified atom stereocenters. The van der Waals surface area contributed by atoms with Crippen LogP contribution in [-0.4, -0.2) is 120 Å². The molecule has 2 saturated heterocycles. The van der Waals surface area contributed by atoms with Crippen molar-refractivity contribution in [2.75, 3.05) is 13.2 Å². The molecule has 226 valence electrons. The second-order valence-electron chi connectivity index (χ2n) is 9.59.